The number of ketones is 1. The van der Waals surface area contributed by atoms with Crippen LogP contribution in [0.3, 0.4) is 0 Å². The zero-order valence-corrected chi connectivity index (χ0v) is 9.95. The van der Waals surface area contributed by atoms with Crippen molar-refractivity contribution in [2.75, 3.05) is 7.11 Å². The molecule has 0 spiro atoms. The number of hydrogen-bond donors (Lipinski definition) is 0. The Morgan fingerprint density at radius 3 is 2.69 bits per heavy atom. The van der Waals surface area contributed by atoms with Gasteiger partial charge in [0.05, 0.1) is 0 Å². The van der Waals surface area contributed by atoms with Crippen molar-refractivity contribution in [3.63, 3.8) is 0 Å². The molecule has 1 aliphatic rings. The number of Topliss-reactive ketones (excluding diaryl/α,β-unsaturated/α-hetero) is 1. The van der Waals surface area contributed by atoms with Gasteiger partial charge >= 0.3 is 0 Å². The molecule has 0 heterocycles. The molecule has 86 valence electrons. The lowest BCUT2D eigenvalue weighted by atomic mass is 9.74. The van der Waals surface area contributed by atoms with Crippen molar-refractivity contribution in [3.8, 4) is 0 Å². The van der Waals surface area contributed by atoms with Gasteiger partial charge in [-0.3, -0.25) is 4.79 Å². The Hall–Kier alpha value is -1.15. The van der Waals surface area contributed by atoms with E-state index in [9.17, 15) is 4.79 Å². The van der Waals surface area contributed by atoms with E-state index >= 15 is 0 Å². The second-order valence-corrected chi connectivity index (χ2v) is 4.44. The van der Waals surface area contributed by atoms with Crippen LogP contribution in [0.25, 0.3) is 0 Å². The fourth-order valence-electron chi connectivity index (χ4n) is 2.22. The number of rotatable bonds is 4. The minimum absolute atomic E-state index is 0.150. The van der Waals surface area contributed by atoms with Crippen molar-refractivity contribution in [1.29, 1.82) is 0 Å². The van der Waals surface area contributed by atoms with Gasteiger partial charge in [0, 0.05) is 12.7 Å². The van der Waals surface area contributed by atoms with E-state index < -0.39 is 5.60 Å². The summed E-state index contributed by atoms with van der Waals surface area (Å²) in [6.45, 7) is 2.10. The van der Waals surface area contributed by atoms with Gasteiger partial charge in [0.2, 0.25) is 0 Å². The molecule has 0 aliphatic heterocycles. The van der Waals surface area contributed by atoms with Crippen LogP contribution in [0, 0.1) is 0 Å². The van der Waals surface area contributed by atoms with Gasteiger partial charge in [-0.25, -0.2) is 0 Å². The highest BCUT2D eigenvalue weighted by Gasteiger charge is 2.44. The summed E-state index contributed by atoms with van der Waals surface area (Å²) in [6, 6.07) is 7.88. The Labute approximate surface area is 96.6 Å². The first-order chi connectivity index (χ1) is 7.72. The van der Waals surface area contributed by atoms with E-state index in [1.54, 1.807) is 7.11 Å². The van der Waals surface area contributed by atoms with Gasteiger partial charge in [0.1, 0.15) is 5.60 Å². The van der Waals surface area contributed by atoms with Crippen molar-refractivity contribution in [3.05, 3.63) is 35.4 Å². The highest BCUT2D eigenvalue weighted by molar-refractivity contribution is 6.03. The van der Waals surface area contributed by atoms with E-state index in [0.717, 1.165) is 31.2 Å². The first kappa shape index (κ1) is 11.3. The van der Waals surface area contributed by atoms with Gasteiger partial charge in [-0.05, 0) is 37.3 Å². The normalized spacial score (nSPS) is 17.9. The van der Waals surface area contributed by atoms with Gasteiger partial charge in [0.25, 0.3) is 0 Å². The van der Waals surface area contributed by atoms with Crippen LogP contribution >= 0.6 is 0 Å². The third-order valence-electron chi connectivity index (χ3n) is 3.56. The molecule has 1 aliphatic carbocycles. The molecule has 0 unspecified atom stereocenters. The lowest BCUT2D eigenvalue weighted by molar-refractivity contribution is -0.0448. The van der Waals surface area contributed by atoms with Crippen molar-refractivity contribution >= 4 is 5.78 Å². The number of carbonyl (C=O) groups is 1. The summed E-state index contributed by atoms with van der Waals surface area (Å²) < 4.78 is 5.41. The standard InChI is InChI=1S/C14H18O2/c1-3-11-6-4-7-12(10-11)13(15)14(16-2)8-5-9-14/h4,6-7,10H,3,5,8-9H2,1-2H3. The number of carbonyl (C=O) groups excluding carboxylic acids is 1. The molecule has 16 heavy (non-hydrogen) atoms. The number of benzene rings is 1. The Morgan fingerprint density at radius 2 is 2.19 bits per heavy atom. The molecule has 0 bridgehead atoms. The highest BCUT2D eigenvalue weighted by Crippen LogP contribution is 2.37. The summed E-state index contributed by atoms with van der Waals surface area (Å²) in [5.74, 6) is 0.150. The molecule has 0 atom stereocenters. The number of hydrogen-bond acceptors (Lipinski definition) is 2. The quantitative estimate of drug-likeness (QED) is 0.726. The second-order valence-electron chi connectivity index (χ2n) is 4.44. The van der Waals surface area contributed by atoms with Gasteiger partial charge in [-0.15, -0.1) is 0 Å². The maximum atomic E-state index is 12.3. The van der Waals surface area contributed by atoms with Crippen LogP contribution in [0.15, 0.2) is 24.3 Å². The SMILES string of the molecule is CCc1cccc(C(=O)C2(OC)CCC2)c1. The molecule has 2 nitrogen and oxygen atoms in total. The predicted molar refractivity (Wildman–Crippen MR) is 63.7 cm³/mol. The van der Waals surface area contributed by atoms with Crippen LogP contribution in [0.5, 0.6) is 0 Å². The maximum absolute atomic E-state index is 12.3. The van der Waals surface area contributed by atoms with E-state index in [-0.39, 0.29) is 5.78 Å². The number of ether oxygens (including phenoxy) is 1. The average Bonchev–Trinajstić information content (AvgIpc) is 2.28. The third kappa shape index (κ3) is 1.78. The van der Waals surface area contributed by atoms with Crippen LogP contribution in [0.4, 0.5) is 0 Å². The third-order valence-corrected chi connectivity index (χ3v) is 3.56. The fourth-order valence-corrected chi connectivity index (χ4v) is 2.22. The van der Waals surface area contributed by atoms with E-state index in [4.69, 9.17) is 4.74 Å². The molecule has 0 amide bonds. The maximum Gasteiger partial charge on any atom is 0.194 e. The Bertz CT molecular complexity index is 386. The van der Waals surface area contributed by atoms with Gasteiger partial charge in [-0.1, -0.05) is 25.1 Å². The second kappa shape index (κ2) is 4.38. The van der Waals surface area contributed by atoms with Crippen molar-refractivity contribution in [2.45, 2.75) is 38.2 Å². The monoisotopic (exact) mass is 218 g/mol. The van der Waals surface area contributed by atoms with Gasteiger partial charge in [-0.2, -0.15) is 0 Å². The lowest BCUT2D eigenvalue weighted by Crippen LogP contribution is -2.47. The van der Waals surface area contributed by atoms with Crippen LogP contribution in [-0.4, -0.2) is 18.5 Å². The summed E-state index contributed by atoms with van der Waals surface area (Å²) in [6.07, 6.45) is 3.77. The van der Waals surface area contributed by atoms with Crippen LogP contribution in [-0.2, 0) is 11.2 Å². The molecule has 1 aromatic rings. The molecule has 2 heteroatoms. The van der Waals surface area contributed by atoms with Crippen molar-refractivity contribution in [1.82, 2.24) is 0 Å². The van der Waals surface area contributed by atoms with Crippen LogP contribution in [0.1, 0.15) is 42.1 Å². The largest absolute Gasteiger partial charge is 0.370 e. The zero-order valence-electron chi connectivity index (χ0n) is 9.95. The Morgan fingerprint density at radius 1 is 1.44 bits per heavy atom. The molecule has 1 fully saturated rings. The smallest absolute Gasteiger partial charge is 0.194 e. The number of aryl methyl sites for hydroxylation is 1. The molecule has 0 aromatic heterocycles. The molecule has 0 saturated heterocycles. The number of methoxy groups -OCH3 is 1. The van der Waals surface area contributed by atoms with Crippen LogP contribution in [0.2, 0.25) is 0 Å². The first-order valence-corrected chi connectivity index (χ1v) is 5.91. The minimum Gasteiger partial charge on any atom is -0.370 e. The molecular formula is C14H18O2. The predicted octanol–water partition coefficient (Wildman–Crippen LogP) is 3.00. The van der Waals surface area contributed by atoms with Gasteiger partial charge < -0.3 is 4.74 Å². The lowest BCUT2D eigenvalue weighted by Gasteiger charge is -2.38. The molecular weight excluding hydrogens is 200 g/mol. The molecule has 0 N–H and O–H groups in total. The summed E-state index contributed by atoms with van der Waals surface area (Å²) in [7, 11) is 1.64. The molecule has 1 saturated carbocycles. The zero-order chi connectivity index (χ0) is 11.6. The highest BCUT2D eigenvalue weighted by atomic mass is 16.5. The Kier molecular flexibility index (Phi) is 3.10. The summed E-state index contributed by atoms with van der Waals surface area (Å²) >= 11 is 0. The van der Waals surface area contributed by atoms with Crippen LogP contribution < -0.4 is 0 Å². The van der Waals surface area contributed by atoms with E-state index in [1.165, 1.54) is 5.56 Å². The summed E-state index contributed by atoms with van der Waals surface area (Å²) in [5, 5.41) is 0. The van der Waals surface area contributed by atoms with Crippen molar-refractivity contribution in [2.24, 2.45) is 0 Å². The van der Waals surface area contributed by atoms with Crippen molar-refractivity contribution < 1.29 is 9.53 Å². The van der Waals surface area contributed by atoms with E-state index in [2.05, 4.69) is 13.0 Å². The summed E-state index contributed by atoms with van der Waals surface area (Å²) in [5.41, 5.74) is 1.48. The minimum atomic E-state index is -0.521. The summed E-state index contributed by atoms with van der Waals surface area (Å²) in [4.78, 5) is 12.3. The van der Waals surface area contributed by atoms with Gasteiger partial charge in [0.15, 0.2) is 5.78 Å². The molecule has 2 rings (SSSR count). The average molecular weight is 218 g/mol. The van der Waals surface area contributed by atoms with E-state index in [0.29, 0.717) is 0 Å². The molecule has 1 aromatic carbocycles. The first-order valence-electron chi connectivity index (χ1n) is 5.91. The fraction of sp³-hybridized carbons (Fsp3) is 0.500. The van der Waals surface area contributed by atoms with E-state index in [1.807, 2.05) is 18.2 Å². The Balaban J connectivity index is 2.26. The topological polar surface area (TPSA) is 26.3 Å². The molecule has 0 radical (unpaired) electrons.